The zero-order valence-corrected chi connectivity index (χ0v) is 9.47. The monoisotopic (exact) mass is 224 g/mol. The summed E-state index contributed by atoms with van der Waals surface area (Å²) in [6, 6.07) is 11.5. The van der Waals surface area contributed by atoms with E-state index in [0.717, 1.165) is 16.9 Å². The first-order chi connectivity index (χ1) is 8.24. The van der Waals surface area contributed by atoms with Crippen LogP contribution in [-0.4, -0.2) is 9.38 Å². The maximum Gasteiger partial charge on any atom is 0.183 e. The Hall–Kier alpha value is -2.29. The summed E-state index contributed by atoms with van der Waals surface area (Å²) in [5, 5.41) is 0. The SMILES string of the molecule is Cc1cccc(-c2c[nH]c3cc(=O)ccn23)c1. The first-order valence-corrected chi connectivity index (χ1v) is 5.51. The van der Waals surface area contributed by atoms with Crippen molar-refractivity contribution in [1.29, 1.82) is 0 Å². The van der Waals surface area contributed by atoms with E-state index >= 15 is 0 Å². The molecule has 2 heterocycles. The van der Waals surface area contributed by atoms with Gasteiger partial charge in [-0.2, -0.15) is 0 Å². The van der Waals surface area contributed by atoms with Gasteiger partial charge in [0, 0.05) is 30.1 Å². The summed E-state index contributed by atoms with van der Waals surface area (Å²) < 4.78 is 1.98. The molecule has 3 heteroatoms. The smallest absolute Gasteiger partial charge is 0.183 e. The third-order valence-electron chi connectivity index (χ3n) is 2.86. The Kier molecular flexibility index (Phi) is 2.11. The van der Waals surface area contributed by atoms with Crippen LogP contribution in [0, 0.1) is 6.92 Å². The number of aromatic nitrogens is 2. The molecule has 1 aromatic carbocycles. The average Bonchev–Trinajstić information content (AvgIpc) is 2.71. The molecule has 0 bridgehead atoms. The van der Waals surface area contributed by atoms with E-state index in [4.69, 9.17) is 0 Å². The van der Waals surface area contributed by atoms with E-state index in [9.17, 15) is 4.79 Å². The fourth-order valence-electron chi connectivity index (χ4n) is 2.04. The van der Waals surface area contributed by atoms with Crippen LogP contribution in [-0.2, 0) is 0 Å². The molecule has 0 aliphatic carbocycles. The molecule has 0 radical (unpaired) electrons. The van der Waals surface area contributed by atoms with Gasteiger partial charge in [0.2, 0.25) is 0 Å². The minimum atomic E-state index is 0.0163. The van der Waals surface area contributed by atoms with Crippen molar-refractivity contribution < 1.29 is 0 Å². The Balaban J connectivity index is 2.28. The summed E-state index contributed by atoms with van der Waals surface area (Å²) in [4.78, 5) is 14.4. The number of aromatic amines is 1. The number of hydrogen-bond acceptors (Lipinski definition) is 1. The van der Waals surface area contributed by atoms with E-state index < -0.39 is 0 Å². The molecular weight excluding hydrogens is 212 g/mol. The van der Waals surface area contributed by atoms with Crippen molar-refractivity contribution in [3.8, 4) is 11.3 Å². The normalized spacial score (nSPS) is 10.9. The number of hydrogen-bond donors (Lipinski definition) is 1. The van der Waals surface area contributed by atoms with Crippen LogP contribution >= 0.6 is 0 Å². The molecule has 0 saturated heterocycles. The number of rotatable bonds is 1. The number of imidazole rings is 1. The molecule has 0 aliphatic heterocycles. The van der Waals surface area contributed by atoms with E-state index in [0.29, 0.717) is 0 Å². The van der Waals surface area contributed by atoms with Gasteiger partial charge in [-0.05, 0) is 13.0 Å². The number of nitrogens with zero attached hydrogens (tertiary/aromatic N) is 1. The van der Waals surface area contributed by atoms with Crippen LogP contribution in [0.3, 0.4) is 0 Å². The van der Waals surface area contributed by atoms with Gasteiger partial charge in [-0.25, -0.2) is 0 Å². The standard InChI is InChI=1S/C14H12N2O/c1-10-3-2-4-11(7-10)13-9-15-14-8-12(17)5-6-16(13)14/h2-9,15H,1H3. The highest BCUT2D eigenvalue weighted by atomic mass is 16.1. The molecular formula is C14H12N2O. The number of benzene rings is 1. The Morgan fingerprint density at radius 1 is 1.18 bits per heavy atom. The zero-order valence-electron chi connectivity index (χ0n) is 9.47. The van der Waals surface area contributed by atoms with Gasteiger partial charge in [0.15, 0.2) is 5.43 Å². The Bertz CT molecular complexity index is 737. The van der Waals surface area contributed by atoms with Crippen molar-refractivity contribution in [2.24, 2.45) is 0 Å². The van der Waals surface area contributed by atoms with E-state index in [1.54, 1.807) is 18.3 Å². The van der Waals surface area contributed by atoms with Crippen LogP contribution < -0.4 is 5.43 Å². The lowest BCUT2D eigenvalue weighted by Gasteiger charge is -2.02. The zero-order chi connectivity index (χ0) is 11.8. The molecule has 3 nitrogen and oxygen atoms in total. The molecule has 0 fully saturated rings. The predicted molar refractivity (Wildman–Crippen MR) is 68.2 cm³/mol. The molecule has 17 heavy (non-hydrogen) atoms. The largest absolute Gasteiger partial charge is 0.346 e. The van der Waals surface area contributed by atoms with E-state index in [1.807, 2.05) is 16.7 Å². The first kappa shape index (κ1) is 9.90. The molecule has 0 unspecified atom stereocenters. The molecule has 0 atom stereocenters. The van der Waals surface area contributed by atoms with Gasteiger partial charge in [-0.3, -0.25) is 4.79 Å². The van der Waals surface area contributed by atoms with Gasteiger partial charge in [-0.15, -0.1) is 0 Å². The van der Waals surface area contributed by atoms with Gasteiger partial charge < -0.3 is 9.38 Å². The van der Waals surface area contributed by atoms with Crippen LogP contribution in [0.1, 0.15) is 5.56 Å². The van der Waals surface area contributed by atoms with Crippen LogP contribution in [0.5, 0.6) is 0 Å². The number of fused-ring (bicyclic) bond motifs is 1. The number of pyridine rings is 1. The van der Waals surface area contributed by atoms with Crippen molar-refractivity contribution in [3.63, 3.8) is 0 Å². The minimum absolute atomic E-state index is 0.0163. The molecule has 3 rings (SSSR count). The number of aryl methyl sites for hydroxylation is 1. The van der Waals surface area contributed by atoms with E-state index in [-0.39, 0.29) is 5.43 Å². The Morgan fingerprint density at radius 3 is 2.88 bits per heavy atom. The number of H-pyrrole nitrogens is 1. The Morgan fingerprint density at radius 2 is 2.06 bits per heavy atom. The molecule has 0 saturated carbocycles. The van der Waals surface area contributed by atoms with Crippen molar-refractivity contribution in [2.75, 3.05) is 0 Å². The molecule has 3 aromatic rings. The van der Waals surface area contributed by atoms with Crippen LogP contribution in [0.4, 0.5) is 0 Å². The van der Waals surface area contributed by atoms with Gasteiger partial charge in [0.05, 0.1) is 5.69 Å². The quantitative estimate of drug-likeness (QED) is 0.677. The first-order valence-electron chi connectivity index (χ1n) is 5.51. The highest BCUT2D eigenvalue weighted by Crippen LogP contribution is 2.20. The number of nitrogens with one attached hydrogen (secondary N) is 1. The van der Waals surface area contributed by atoms with Gasteiger partial charge in [0.25, 0.3) is 0 Å². The third kappa shape index (κ3) is 1.65. The fourth-order valence-corrected chi connectivity index (χ4v) is 2.04. The van der Waals surface area contributed by atoms with Crippen LogP contribution in [0.15, 0.2) is 53.6 Å². The average molecular weight is 224 g/mol. The van der Waals surface area contributed by atoms with Crippen molar-refractivity contribution in [1.82, 2.24) is 9.38 Å². The highest BCUT2D eigenvalue weighted by molar-refractivity contribution is 5.64. The minimum Gasteiger partial charge on any atom is -0.346 e. The molecule has 2 aromatic heterocycles. The summed E-state index contributed by atoms with van der Waals surface area (Å²) in [5.74, 6) is 0. The highest BCUT2D eigenvalue weighted by Gasteiger charge is 2.04. The third-order valence-corrected chi connectivity index (χ3v) is 2.86. The second-order valence-electron chi connectivity index (χ2n) is 4.16. The summed E-state index contributed by atoms with van der Waals surface area (Å²) in [7, 11) is 0. The maximum atomic E-state index is 11.2. The van der Waals surface area contributed by atoms with Crippen molar-refractivity contribution >= 4 is 5.65 Å². The van der Waals surface area contributed by atoms with Gasteiger partial charge >= 0.3 is 0 Å². The van der Waals surface area contributed by atoms with Crippen LogP contribution in [0.25, 0.3) is 16.9 Å². The van der Waals surface area contributed by atoms with E-state index in [1.165, 1.54) is 5.56 Å². The fraction of sp³-hybridized carbons (Fsp3) is 0.0714. The predicted octanol–water partition coefficient (Wildman–Crippen LogP) is 2.60. The summed E-state index contributed by atoms with van der Waals surface area (Å²) >= 11 is 0. The lowest BCUT2D eigenvalue weighted by molar-refractivity contribution is 1.18. The molecule has 0 aliphatic rings. The second-order valence-corrected chi connectivity index (χ2v) is 4.16. The van der Waals surface area contributed by atoms with Crippen molar-refractivity contribution in [2.45, 2.75) is 6.92 Å². The van der Waals surface area contributed by atoms with E-state index in [2.05, 4.69) is 30.1 Å². The van der Waals surface area contributed by atoms with Crippen molar-refractivity contribution in [3.05, 3.63) is 64.6 Å². The maximum absolute atomic E-state index is 11.2. The van der Waals surface area contributed by atoms with Crippen LogP contribution in [0.2, 0.25) is 0 Å². The van der Waals surface area contributed by atoms with Gasteiger partial charge in [-0.1, -0.05) is 23.8 Å². The topological polar surface area (TPSA) is 37.3 Å². The molecule has 1 N–H and O–H groups in total. The summed E-state index contributed by atoms with van der Waals surface area (Å²) in [6.45, 7) is 2.07. The second kappa shape index (κ2) is 3.63. The summed E-state index contributed by atoms with van der Waals surface area (Å²) in [5.41, 5.74) is 4.25. The molecule has 0 amide bonds. The molecule has 0 spiro atoms. The lowest BCUT2D eigenvalue weighted by atomic mass is 10.1. The molecule has 84 valence electrons. The lowest BCUT2D eigenvalue weighted by Crippen LogP contribution is -1.99. The Labute approximate surface area is 98.4 Å². The van der Waals surface area contributed by atoms with Gasteiger partial charge in [0.1, 0.15) is 5.65 Å². The summed E-state index contributed by atoms with van der Waals surface area (Å²) in [6.07, 6.45) is 3.72.